The van der Waals surface area contributed by atoms with Crippen LogP contribution in [-0.4, -0.2) is 34.2 Å². The zero-order valence-corrected chi connectivity index (χ0v) is 14.7. The number of rotatable bonds is 6. The Hall–Kier alpha value is -0.820. The van der Waals surface area contributed by atoms with Crippen molar-refractivity contribution in [2.75, 3.05) is 19.7 Å². The van der Waals surface area contributed by atoms with Crippen molar-refractivity contribution in [3.05, 3.63) is 24.3 Å². The highest BCUT2D eigenvalue weighted by atomic mass is 35.5. The fourth-order valence-electron chi connectivity index (χ4n) is 2.60. The smallest absolute Gasteiger partial charge is 0.240 e. The molecule has 1 aliphatic heterocycles. The number of hydrogen-bond acceptors (Lipinski definition) is 4. The maximum Gasteiger partial charge on any atom is 0.240 e. The lowest BCUT2D eigenvalue weighted by Gasteiger charge is -2.28. The normalized spacial score (nSPS) is 20.0. The van der Waals surface area contributed by atoms with E-state index in [0.29, 0.717) is 18.3 Å². The Balaban J connectivity index is 0.00000242. The van der Waals surface area contributed by atoms with Crippen LogP contribution in [0.25, 0.3) is 0 Å². The summed E-state index contributed by atoms with van der Waals surface area (Å²) in [4.78, 5) is 0.279. The first kappa shape index (κ1) is 19.2. The summed E-state index contributed by atoms with van der Waals surface area (Å²) in [7, 11) is -3.47. The molecule has 1 aliphatic rings. The second kappa shape index (κ2) is 8.72. The highest BCUT2D eigenvalue weighted by Crippen LogP contribution is 2.19. The third-order valence-electron chi connectivity index (χ3n) is 3.83. The van der Waals surface area contributed by atoms with Crippen molar-refractivity contribution in [3.8, 4) is 5.75 Å². The highest BCUT2D eigenvalue weighted by Gasteiger charge is 2.25. The number of hydrogen-bond donors (Lipinski definition) is 2. The molecule has 22 heavy (non-hydrogen) atoms. The van der Waals surface area contributed by atoms with Gasteiger partial charge in [-0.25, -0.2) is 13.1 Å². The molecule has 5 nitrogen and oxygen atoms in total. The van der Waals surface area contributed by atoms with Crippen LogP contribution in [0.3, 0.4) is 0 Å². The summed E-state index contributed by atoms with van der Waals surface area (Å²) in [6, 6.07) is 6.46. The zero-order valence-electron chi connectivity index (χ0n) is 13.0. The molecule has 1 fully saturated rings. The standard InChI is InChI=1S/C15H24N2O3S.ClH/c1-3-20-14-6-8-15(9-7-14)21(18,19)17-12(2)13-5-4-10-16-11-13;/h6-9,12-13,16-17H,3-5,10-11H2,1-2H3;1H. The molecule has 0 amide bonds. The largest absolute Gasteiger partial charge is 0.494 e. The summed E-state index contributed by atoms with van der Waals surface area (Å²) in [6.07, 6.45) is 2.15. The van der Waals surface area contributed by atoms with Gasteiger partial charge in [-0.15, -0.1) is 12.4 Å². The molecule has 126 valence electrons. The molecule has 1 heterocycles. The van der Waals surface area contributed by atoms with Gasteiger partial charge in [0.1, 0.15) is 5.75 Å². The summed E-state index contributed by atoms with van der Waals surface area (Å²) in [5.74, 6) is 1.03. The predicted octanol–water partition coefficient (Wildman–Crippen LogP) is 2.17. The number of benzene rings is 1. The number of sulfonamides is 1. The summed E-state index contributed by atoms with van der Waals surface area (Å²) in [5, 5.41) is 3.31. The molecule has 2 rings (SSSR count). The second-order valence-electron chi connectivity index (χ2n) is 5.42. The first-order valence-electron chi connectivity index (χ1n) is 7.49. The Labute approximate surface area is 139 Å². The van der Waals surface area contributed by atoms with Gasteiger partial charge in [0.05, 0.1) is 11.5 Å². The molecule has 1 aromatic rings. The molecule has 1 saturated heterocycles. The van der Waals surface area contributed by atoms with E-state index >= 15 is 0 Å². The Kier molecular flexibility index (Phi) is 7.62. The molecule has 0 aliphatic carbocycles. The zero-order chi connectivity index (χ0) is 15.3. The van der Waals surface area contributed by atoms with Crippen LogP contribution in [0, 0.1) is 5.92 Å². The van der Waals surface area contributed by atoms with E-state index < -0.39 is 10.0 Å². The lowest BCUT2D eigenvalue weighted by molar-refractivity contribution is 0.320. The molecule has 0 spiro atoms. The molecule has 0 bridgehead atoms. The Morgan fingerprint density at radius 1 is 1.36 bits per heavy atom. The second-order valence-corrected chi connectivity index (χ2v) is 7.13. The van der Waals surface area contributed by atoms with Gasteiger partial charge in [-0.05, 0) is 70.0 Å². The van der Waals surface area contributed by atoms with Gasteiger partial charge in [0, 0.05) is 6.04 Å². The minimum atomic E-state index is -3.47. The van der Waals surface area contributed by atoms with E-state index in [2.05, 4.69) is 10.0 Å². The van der Waals surface area contributed by atoms with E-state index in [9.17, 15) is 8.42 Å². The van der Waals surface area contributed by atoms with Crippen molar-refractivity contribution in [3.63, 3.8) is 0 Å². The molecule has 2 N–H and O–H groups in total. The van der Waals surface area contributed by atoms with Crippen molar-refractivity contribution >= 4 is 22.4 Å². The first-order valence-corrected chi connectivity index (χ1v) is 8.97. The quantitative estimate of drug-likeness (QED) is 0.826. The minimum absolute atomic E-state index is 0. The van der Waals surface area contributed by atoms with Gasteiger partial charge in [-0.2, -0.15) is 0 Å². The summed E-state index contributed by atoms with van der Waals surface area (Å²) >= 11 is 0. The Morgan fingerprint density at radius 3 is 2.59 bits per heavy atom. The maximum absolute atomic E-state index is 12.4. The van der Waals surface area contributed by atoms with E-state index in [1.807, 2.05) is 13.8 Å². The van der Waals surface area contributed by atoms with Gasteiger partial charge < -0.3 is 10.1 Å². The van der Waals surface area contributed by atoms with Gasteiger partial charge in [0.15, 0.2) is 0 Å². The lowest BCUT2D eigenvalue weighted by Crippen LogP contribution is -2.44. The molecule has 1 aromatic carbocycles. The van der Waals surface area contributed by atoms with Crippen molar-refractivity contribution in [1.82, 2.24) is 10.0 Å². The number of piperidine rings is 1. The SMILES string of the molecule is CCOc1ccc(S(=O)(=O)NC(C)C2CCCNC2)cc1.Cl. The summed E-state index contributed by atoms with van der Waals surface area (Å²) in [6.45, 7) is 6.29. The topological polar surface area (TPSA) is 67.4 Å². The van der Waals surface area contributed by atoms with Gasteiger partial charge in [-0.1, -0.05) is 0 Å². The van der Waals surface area contributed by atoms with Crippen LogP contribution in [0.2, 0.25) is 0 Å². The van der Waals surface area contributed by atoms with Crippen LogP contribution in [0.5, 0.6) is 5.75 Å². The third-order valence-corrected chi connectivity index (χ3v) is 5.40. The molecule has 2 unspecified atom stereocenters. The van der Waals surface area contributed by atoms with Crippen LogP contribution in [0.15, 0.2) is 29.2 Å². The summed E-state index contributed by atoms with van der Waals surface area (Å²) < 4.78 is 32.9. The van der Waals surface area contributed by atoms with Crippen molar-refractivity contribution < 1.29 is 13.2 Å². The molecule has 0 radical (unpaired) electrons. The van der Waals surface area contributed by atoms with Crippen LogP contribution in [-0.2, 0) is 10.0 Å². The van der Waals surface area contributed by atoms with E-state index in [1.54, 1.807) is 24.3 Å². The predicted molar refractivity (Wildman–Crippen MR) is 90.2 cm³/mol. The van der Waals surface area contributed by atoms with Crippen molar-refractivity contribution in [2.45, 2.75) is 37.6 Å². The van der Waals surface area contributed by atoms with Crippen LogP contribution < -0.4 is 14.8 Å². The van der Waals surface area contributed by atoms with Gasteiger partial charge in [0.2, 0.25) is 10.0 Å². The monoisotopic (exact) mass is 348 g/mol. The van der Waals surface area contributed by atoms with Crippen LogP contribution >= 0.6 is 12.4 Å². The first-order chi connectivity index (χ1) is 10.0. The molecular weight excluding hydrogens is 324 g/mol. The van der Waals surface area contributed by atoms with Gasteiger partial charge in [0.25, 0.3) is 0 Å². The third kappa shape index (κ3) is 5.12. The average molecular weight is 349 g/mol. The number of ether oxygens (including phenoxy) is 1. The lowest BCUT2D eigenvalue weighted by atomic mass is 9.94. The highest BCUT2D eigenvalue weighted by molar-refractivity contribution is 7.89. The van der Waals surface area contributed by atoms with Crippen LogP contribution in [0.4, 0.5) is 0 Å². The molecule has 0 saturated carbocycles. The van der Waals surface area contributed by atoms with Crippen molar-refractivity contribution in [2.24, 2.45) is 5.92 Å². The Morgan fingerprint density at radius 2 is 2.05 bits per heavy atom. The summed E-state index contributed by atoms with van der Waals surface area (Å²) in [5.41, 5.74) is 0. The fourth-order valence-corrected chi connectivity index (χ4v) is 3.91. The van der Waals surface area contributed by atoms with E-state index in [4.69, 9.17) is 4.74 Å². The van der Waals surface area contributed by atoms with Gasteiger partial charge in [-0.3, -0.25) is 0 Å². The number of nitrogens with one attached hydrogen (secondary N) is 2. The van der Waals surface area contributed by atoms with Gasteiger partial charge >= 0.3 is 0 Å². The maximum atomic E-state index is 12.4. The van der Waals surface area contributed by atoms with Crippen LogP contribution in [0.1, 0.15) is 26.7 Å². The van der Waals surface area contributed by atoms with E-state index in [0.717, 1.165) is 25.9 Å². The average Bonchev–Trinajstić information content (AvgIpc) is 2.48. The van der Waals surface area contributed by atoms with E-state index in [1.165, 1.54) is 0 Å². The van der Waals surface area contributed by atoms with Crippen molar-refractivity contribution in [1.29, 1.82) is 0 Å². The number of halogens is 1. The molecule has 7 heteroatoms. The molecule has 0 aromatic heterocycles. The van der Waals surface area contributed by atoms with E-state index in [-0.39, 0.29) is 23.3 Å². The fraction of sp³-hybridized carbons (Fsp3) is 0.600. The minimum Gasteiger partial charge on any atom is -0.494 e. The molecular formula is C15H25ClN2O3S. The Bertz CT molecular complexity index is 542. The molecule has 2 atom stereocenters.